The molecule has 0 saturated carbocycles. The van der Waals surface area contributed by atoms with Gasteiger partial charge in [0.05, 0.1) is 53.6 Å². The van der Waals surface area contributed by atoms with Gasteiger partial charge in [-0.3, -0.25) is 19.8 Å². The van der Waals surface area contributed by atoms with Crippen LogP contribution < -0.4 is 0 Å². The maximum atomic E-state index is 12.7. The van der Waals surface area contributed by atoms with E-state index in [9.17, 15) is 20.7 Å². The molecule has 2 amide bonds. The molecular formula is C56H64Cl2N16O4. The lowest BCUT2D eigenvalue weighted by molar-refractivity contribution is 0.0117. The summed E-state index contributed by atoms with van der Waals surface area (Å²) in [6, 6.07) is 17.9. The number of imidazole rings is 2. The molecule has 2 saturated heterocycles. The molecule has 78 heavy (non-hydrogen) atoms. The number of ether oxygens (including phenoxy) is 2. The van der Waals surface area contributed by atoms with Gasteiger partial charge in [0.1, 0.15) is 17.7 Å². The van der Waals surface area contributed by atoms with Crippen molar-refractivity contribution in [3.05, 3.63) is 185 Å². The van der Waals surface area contributed by atoms with Gasteiger partial charge in [0.15, 0.2) is 0 Å². The summed E-state index contributed by atoms with van der Waals surface area (Å²) in [5.41, 5.74) is 29.1. The van der Waals surface area contributed by atoms with Crippen molar-refractivity contribution >= 4 is 58.7 Å². The minimum Gasteiger partial charge on any atom is -0.447 e. The zero-order chi connectivity index (χ0) is 54.5. The molecular weight excluding hydrogens is 1030 g/mol. The molecule has 6 aromatic rings. The van der Waals surface area contributed by atoms with Gasteiger partial charge in [0, 0.05) is 111 Å². The lowest BCUT2D eigenvalue weighted by atomic mass is 9.90. The molecule has 4 aliphatic rings. The van der Waals surface area contributed by atoms with Gasteiger partial charge in [-0.2, -0.15) is 0 Å². The van der Waals surface area contributed by atoms with Crippen LogP contribution in [0.15, 0.2) is 108 Å². The predicted molar refractivity (Wildman–Crippen MR) is 302 cm³/mol. The second kappa shape index (κ2) is 24.3. The Morgan fingerprint density at radius 1 is 0.667 bits per heavy atom. The highest BCUT2D eigenvalue weighted by Crippen LogP contribution is 2.47. The molecule has 6 heterocycles. The largest absolute Gasteiger partial charge is 0.447 e. The monoisotopic (exact) mass is 1090 g/mol. The van der Waals surface area contributed by atoms with Crippen LogP contribution in [0.3, 0.4) is 0 Å². The van der Waals surface area contributed by atoms with Crippen molar-refractivity contribution in [3.63, 3.8) is 0 Å². The molecule has 4 atom stereocenters. The van der Waals surface area contributed by atoms with Crippen molar-refractivity contribution < 1.29 is 19.1 Å². The standard InChI is InChI=1S/C28H31ClN8O2.C27H29ClN8O2.CH4/c1-28(2,3)39-27(38)37-12-10-36(11-13-37)26-20-8-7-19(29)15-21(20)22(14-18-6-5-9-32-24(18)26)25(33-34-30)23-16-31-17-35(23)4;1-17(2)38-27(37)36-11-9-35(10-12-36)26-20-7-6-19(28)14-21(20)22(13-18-5-4-8-31-24(18)26)25(32-33-29)23-15-30-16-34(23)3;/h5-9,14-17,25-26H,10-13H2,1-4H3;4-8,13-17,25-26H,9-12H2,1-3H3;1H4/t2*25?,26-;/m00./s1. The Morgan fingerprint density at radius 2 is 1.09 bits per heavy atom. The highest BCUT2D eigenvalue weighted by Gasteiger charge is 2.38. The van der Waals surface area contributed by atoms with Crippen molar-refractivity contribution in [3.8, 4) is 0 Å². The number of nitrogens with zero attached hydrogens (tertiary/aromatic N) is 16. The molecule has 2 fully saturated rings. The second-order valence-corrected chi connectivity index (χ2v) is 21.3. The van der Waals surface area contributed by atoms with E-state index < -0.39 is 17.7 Å². The molecule has 0 bridgehead atoms. The summed E-state index contributed by atoms with van der Waals surface area (Å²) in [4.78, 5) is 57.9. The lowest BCUT2D eigenvalue weighted by Gasteiger charge is -2.40. The number of aryl methyl sites for hydroxylation is 2. The van der Waals surface area contributed by atoms with Gasteiger partial charge in [0.2, 0.25) is 0 Å². The normalized spacial score (nSPS) is 17.9. The third-order valence-corrected chi connectivity index (χ3v) is 14.4. The molecule has 20 nitrogen and oxygen atoms in total. The van der Waals surface area contributed by atoms with E-state index in [4.69, 9.17) is 42.6 Å². The van der Waals surface area contributed by atoms with Crippen LogP contribution in [0.25, 0.3) is 44.2 Å². The first-order chi connectivity index (χ1) is 37.0. The smallest absolute Gasteiger partial charge is 0.410 e. The van der Waals surface area contributed by atoms with Crippen LogP contribution in [0.5, 0.6) is 0 Å². The number of piperazine rings is 2. The van der Waals surface area contributed by atoms with Crippen LogP contribution in [0, 0.1) is 0 Å². The number of carbonyl (C=O) groups is 2. The highest BCUT2D eigenvalue weighted by molar-refractivity contribution is 6.31. The van der Waals surface area contributed by atoms with Crippen LogP contribution >= 0.6 is 23.2 Å². The Labute approximate surface area is 464 Å². The summed E-state index contributed by atoms with van der Waals surface area (Å²) in [6.07, 6.45) is 13.7. The number of amides is 2. The third kappa shape index (κ3) is 12.2. The predicted octanol–water partition coefficient (Wildman–Crippen LogP) is 12.3. The fraction of sp³-hybridized carbons (Fsp3) is 0.393. The molecule has 0 radical (unpaired) electrons. The number of fused-ring (bicyclic) bond motifs is 4. The van der Waals surface area contributed by atoms with Crippen molar-refractivity contribution in [2.45, 2.75) is 77.9 Å². The van der Waals surface area contributed by atoms with E-state index in [1.165, 1.54) is 0 Å². The first-order valence-corrected chi connectivity index (χ1v) is 26.1. The number of benzene rings is 2. The number of rotatable bonds is 9. The third-order valence-electron chi connectivity index (χ3n) is 13.9. The molecule has 2 aliphatic carbocycles. The fourth-order valence-corrected chi connectivity index (χ4v) is 10.8. The zero-order valence-corrected chi connectivity index (χ0v) is 45.5. The van der Waals surface area contributed by atoms with Gasteiger partial charge in [-0.1, -0.05) is 65.1 Å². The zero-order valence-electron chi connectivity index (χ0n) is 44.0. The summed E-state index contributed by atoms with van der Waals surface area (Å²) >= 11 is 13.1. The molecule has 2 aliphatic heterocycles. The van der Waals surface area contributed by atoms with Crippen LogP contribution in [0.1, 0.15) is 122 Å². The number of aromatic nitrogens is 6. The van der Waals surface area contributed by atoms with Crippen molar-refractivity contribution in [2.75, 3.05) is 52.4 Å². The number of carbonyl (C=O) groups excluding carboxylic acids is 2. The van der Waals surface area contributed by atoms with E-state index in [-0.39, 0.29) is 37.8 Å². The van der Waals surface area contributed by atoms with Crippen LogP contribution in [-0.2, 0) is 23.6 Å². The van der Waals surface area contributed by atoms with Crippen LogP contribution in [0.4, 0.5) is 9.59 Å². The van der Waals surface area contributed by atoms with Crippen LogP contribution in [-0.4, -0.2) is 125 Å². The first kappa shape index (κ1) is 56.5. The van der Waals surface area contributed by atoms with E-state index in [2.05, 4.69) is 39.8 Å². The van der Waals surface area contributed by atoms with Gasteiger partial charge < -0.3 is 28.4 Å². The molecule has 2 aromatic carbocycles. The first-order valence-electron chi connectivity index (χ1n) is 25.4. The topological polar surface area (TPSA) is 225 Å². The van der Waals surface area contributed by atoms with E-state index in [0.29, 0.717) is 62.4 Å². The minimum atomic E-state index is -0.629. The Hall–Kier alpha value is -7.70. The fourth-order valence-electron chi connectivity index (χ4n) is 10.4. The Bertz CT molecular complexity index is 3320. The number of pyridine rings is 2. The molecule has 22 heteroatoms. The molecule has 2 unspecified atom stereocenters. The van der Waals surface area contributed by atoms with Crippen LogP contribution in [0.2, 0.25) is 10.0 Å². The summed E-state index contributed by atoms with van der Waals surface area (Å²) in [7, 11) is 3.75. The maximum Gasteiger partial charge on any atom is 0.410 e. The summed E-state index contributed by atoms with van der Waals surface area (Å²) in [6.45, 7) is 14.0. The minimum absolute atomic E-state index is 0. The van der Waals surface area contributed by atoms with Gasteiger partial charge in [-0.05, 0) is 139 Å². The molecule has 10 rings (SSSR count). The molecule has 0 spiro atoms. The SMILES string of the molecule is C.CC(C)OC(=O)N1CCN([C@H]2c3ccc(Cl)cc3C(C(N=[N+]=[N-])c3cncn3C)=Cc3cccnc32)CC1.Cn1cncc1C(N=[N+]=[N-])C1=Cc2cccnc2[C@@H](N2CCN(C(=O)OC(C)(C)C)CC2)c2ccc(Cl)cc21. The summed E-state index contributed by atoms with van der Waals surface area (Å²) in [5.74, 6) is 0. The van der Waals surface area contributed by atoms with Gasteiger partial charge in [-0.25, -0.2) is 19.6 Å². The Balaban J connectivity index is 0.000000203. The second-order valence-electron chi connectivity index (χ2n) is 20.5. The van der Waals surface area contributed by atoms with E-state index in [0.717, 1.165) is 67.3 Å². The van der Waals surface area contributed by atoms with Crippen molar-refractivity contribution in [1.29, 1.82) is 0 Å². The van der Waals surface area contributed by atoms with Crippen molar-refractivity contribution in [1.82, 2.24) is 48.7 Å². The number of halogens is 2. The maximum absolute atomic E-state index is 12.7. The quantitative estimate of drug-likeness (QED) is 0.0756. The Kier molecular flexibility index (Phi) is 17.6. The number of hydrogen-bond donors (Lipinski definition) is 0. The van der Waals surface area contributed by atoms with Gasteiger partial charge >= 0.3 is 12.2 Å². The average molecular weight is 1100 g/mol. The van der Waals surface area contributed by atoms with E-state index >= 15 is 0 Å². The summed E-state index contributed by atoms with van der Waals surface area (Å²) in [5, 5.41) is 9.57. The average Bonchev–Trinajstić information content (AvgIpc) is 4.03. The molecule has 4 aromatic heterocycles. The van der Waals surface area contributed by atoms with Crippen molar-refractivity contribution in [2.24, 2.45) is 24.3 Å². The highest BCUT2D eigenvalue weighted by atomic mass is 35.5. The Morgan fingerprint density at radius 3 is 1.46 bits per heavy atom. The molecule has 0 N–H and O–H groups in total. The number of azide groups is 2. The summed E-state index contributed by atoms with van der Waals surface area (Å²) < 4.78 is 14.7. The molecule has 406 valence electrons. The van der Waals surface area contributed by atoms with Gasteiger partial charge in [0.25, 0.3) is 0 Å². The lowest BCUT2D eigenvalue weighted by Crippen LogP contribution is -2.51. The van der Waals surface area contributed by atoms with Gasteiger partial charge in [-0.15, -0.1) is 0 Å². The number of hydrogen-bond acceptors (Lipinski definition) is 12. The van der Waals surface area contributed by atoms with E-state index in [1.54, 1.807) is 47.2 Å². The van der Waals surface area contributed by atoms with E-state index in [1.807, 2.05) is 131 Å².